The highest BCUT2D eigenvalue weighted by Gasteiger charge is 2.46. The summed E-state index contributed by atoms with van der Waals surface area (Å²) in [7, 11) is 1.54. The Labute approximate surface area is 227 Å². The van der Waals surface area contributed by atoms with Crippen molar-refractivity contribution in [3.63, 3.8) is 0 Å². The molecule has 0 spiro atoms. The second kappa shape index (κ2) is 11.6. The molecule has 4 rings (SSSR count). The number of halogens is 1. The van der Waals surface area contributed by atoms with E-state index in [4.69, 9.17) is 25.8 Å². The lowest BCUT2D eigenvalue weighted by molar-refractivity contribution is -0.140. The third-order valence-corrected chi connectivity index (χ3v) is 6.43. The number of benzene rings is 3. The van der Waals surface area contributed by atoms with E-state index in [9.17, 15) is 14.7 Å². The number of likely N-dealkylation sites (tertiary alicyclic amines) is 1. The van der Waals surface area contributed by atoms with Crippen LogP contribution in [0.4, 0.5) is 0 Å². The number of carbonyl (C=O) groups is 2. The first-order valence-electron chi connectivity index (χ1n) is 12.3. The number of carbonyl (C=O) groups excluding carboxylic acids is 2. The van der Waals surface area contributed by atoms with Gasteiger partial charge in [0.25, 0.3) is 11.7 Å². The predicted octanol–water partition coefficient (Wildman–Crippen LogP) is 6.16. The van der Waals surface area contributed by atoms with Crippen molar-refractivity contribution in [2.75, 3.05) is 13.7 Å². The fraction of sp³-hybridized carbons (Fsp3) is 0.267. The molecule has 1 aliphatic heterocycles. The number of rotatable bonds is 9. The number of ketones is 1. The van der Waals surface area contributed by atoms with Gasteiger partial charge in [-0.05, 0) is 74.4 Å². The van der Waals surface area contributed by atoms with Crippen LogP contribution in [-0.2, 0) is 16.1 Å². The Morgan fingerprint density at radius 1 is 1.00 bits per heavy atom. The van der Waals surface area contributed by atoms with E-state index in [1.165, 1.54) is 12.0 Å². The molecule has 0 bridgehead atoms. The molecule has 3 aromatic rings. The fourth-order valence-electron chi connectivity index (χ4n) is 4.43. The van der Waals surface area contributed by atoms with Gasteiger partial charge in [-0.3, -0.25) is 9.59 Å². The van der Waals surface area contributed by atoms with Gasteiger partial charge in [0.1, 0.15) is 23.0 Å². The summed E-state index contributed by atoms with van der Waals surface area (Å²) in [4.78, 5) is 28.2. The van der Waals surface area contributed by atoms with E-state index in [-0.39, 0.29) is 34.6 Å². The zero-order valence-corrected chi connectivity index (χ0v) is 22.5. The molecule has 1 fully saturated rings. The first kappa shape index (κ1) is 27.1. The average molecular weight is 536 g/mol. The van der Waals surface area contributed by atoms with Gasteiger partial charge >= 0.3 is 0 Å². The van der Waals surface area contributed by atoms with Gasteiger partial charge in [0.2, 0.25) is 0 Å². The Bertz CT molecular complexity index is 1370. The van der Waals surface area contributed by atoms with Crippen LogP contribution in [0.5, 0.6) is 17.2 Å². The molecule has 1 amide bonds. The van der Waals surface area contributed by atoms with Gasteiger partial charge in [0, 0.05) is 12.1 Å². The molecule has 198 valence electrons. The summed E-state index contributed by atoms with van der Waals surface area (Å²) in [5.74, 6) is -0.147. The second-order valence-electron chi connectivity index (χ2n) is 9.09. The maximum absolute atomic E-state index is 13.4. The van der Waals surface area contributed by atoms with Crippen molar-refractivity contribution in [3.05, 3.63) is 94.0 Å². The van der Waals surface area contributed by atoms with Crippen molar-refractivity contribution >= 4 is 29.1 Å². The summed E-state index contributed by atoms with van der Waals surface area (Å²) < 4.78 is 16.7. The molecule has 1 saturated heterocycles. The number of hydrogen-bond donors (Lipinski definition) is 1. The number of ether oxygens (including phenoxy) is 3. The molecule has 1 N–H and O–H groups in total. The van der Waals surface area contributed by atoms with Crippen LogP contribution in [0.25, 0.3) is 5.76 Å². The summed E-state index contributed by atoms with van der Waals surface area (Å²) in [5.41, 5.74) is 1.56. The number of methoxy groups -OCH3 is 1. The summed E-state index contributed by atoms with van der Waals surface area (Å²) in [6.07, 6.45) is 0.0276. The van der Waals surface area contributed by atoms with Crippen molar-refractivity contribution < 1.29 is 28.9 Å². The lowest BCUT2D eigenvalue weighted by atomic mass is 9.95. The molecule has 0 aliphatic carbocycles. The van der Waals surface area contributed by atoms with E-state index in [2.05, 4.69) is 0 Å². The topological polar surface area (TPSA) is 85.3 Å². The average Bonchev–Trinajstić information content (AvgIpc) is 3.15. The van der Waals surface area contributed by atoms with Gasteiger partial charge < -0.3 is 24.2 Å². The zero-order chi connectivity index (χ0) is 27.4. The molecular formula is C30H30ClNO6. The van der Waals surface area contributed by atoms with Gasteiger partial charge in [0.15, 0.2) is 0 Å². The normalized spacial score (nSPS) is 16.7. The molecule has 38 heavy (non-hydrogen) atoms. The number of amides is 1. The number of aliphatic hydroxyl groups is 1. The Morgan fingerprint density at radius 3 is 2.37 bits per heavy atom. The lowest BCUT2D eigenvalue weighted by Gasteiger charge is -2.26. The van der Waals surface area contributed by atoms with Crippen molar-refractivity contribution in [2.45, 2.75) is 39.5 Å². The molecule has 7 nitrogen and oxygen atoms in total. The smallest absolute Gasteiger partial charge is 0.295 e. The van der Waals surface area contributed by atoms with Gasteiger partial charge in [-0.1, -0.05) is 35.9 Å². The highest BCUT2D eigenvalue weighted by Crippen LogP contribution is 2.42. The standard InChI is InChI=1S/C30H30ClNO6/c1-5-37-23-13-14-25(31)24(16-23)28(33)26-27(20-7-6-8-22(15-20)36-4)32(30(35)29(26)34)17-19-9-11-21(12-10-19)38-18(2)3/h6-16,18,27,33H,5,17H2,1-4H3/b28-26+. The Kier molecular flexibility index (Phi) is 8.27. The minimum atomic E-state index is -0.872. The number of hydrogen-bond acceptors (Lipinski definition) is 6. The van der Waals surface area contributed by atoms with Crippen LogP contribution >= 0.6 is 11.6 Å². The predicted molar refractivity (Wildman–Crippen MR) is 146 cm³/mol. The molecular weight excluding hydrogens is 506 g/mol. The molecule has 0 saturated carbocycles. The summed E-state index contributed by atoms with van der Waals surface area (Å²) in [5, 5.41) is 11.7. The second-order valence-corrected chi connectivity index (χ2v) is 9.50. The quantitative estimate of drug-likeness (QED) is 0.201. The van der Waals surface area contributed by atoms with Crippen LogP contribution in [0.1, 0.15) is 43.5 Å². The maximum atomic E-state index is 13.4. The molecule has 8 heteroatoms. The Balaban J connectivity index is 1.82. The zero-order valence-electron chi connectivity index (χ0n) is 21.7. The molecule has 3 aromatic carbocycles. The van der Waals surface area contributed by atoms with Crippen LogP contribution in [0.15, 0.2) is 72.3 Å². The number of Topliss-reactive ketones (excluding diaryl/α,β-unsaturated/α-hetero) is 1. The SMILES string of the molecule is CCOc1ccc(Cl)c(/C(O)=C2\C(=O)C(=O)N(Cc3ccc(OC(C)C)cc3)C2c2cccc(OC)c2)c1. The molecule has 1 atom stereocenters. The van der Waals surface area contributed by atoms with Gasteiger partial charge in [-0.15, -0.1) is 0 Å². The van der Waals surface area contributed by atoms with Crippen LogP contribution in [-0.4, -0.2) is 41.5 Å². The molecule has 1 unspecified atom stereocenters. The third kappa shape index (κ3) is 5.63. The maximum Gasteiger partial charge on any atom is 0.295 e. The number of nitrogens with zero attached hydrogens (tertiary/aromatic N) is 1. The van der Waals surface area contributed by atoms with Gasteiger partial charge in [-0.2, -0.15) is 0 Å². The van der Waals surface area contributed by atoms with Gasteiger partial charge in [-0.25, -0.2) is 0 Å². The van der Waals surface area contributed by atoms with E-state index in [1.54, 1.807) is 42.5 Å². The summed E-state index contributed by atoms with van der Waals surface area (Å²) in [6, 6.07) is 18.4. The van der Waals surface area contributed by atoms with Crippen LogP contribution in [0.3, 0.4) is 0 Å². The van der Waals surface area contributed by atoms with Crippen molar-refractivity contribution in [1.29, 1.82) is 0 Å². The molecule has 0 radical (unpaired) electrons. The van der Waals surface area contributed by atoms with Crippen molar-refractivity contribution in [2.24, 2.45) is 0 Å². The van der Waals surface area contributed by atoms with Crippen LogP contribution in [0.2, 0.25) is 5.02 Å². The van der Waals surface area contributed by atoms with E-state index in [1.807, 2.05) is 45.0 Å². The highest BCUT2D eigenvalue weighted by molar-refractivity contribution is 6.47. The molecule has 1 aliphatic rings. The Morgan fingerprint density at radius 2 is 1.71 bits per heavy atom. The highest BCUT2D eigenvalue weighted by atomic mass is 35.5. The third-order valence-electron chi connectivity index (χ3n) is 6.10. The van der Waals surface area contributed by atoms with Crippen molar-refractivity contribution in [1.82, 2.24) is 4.90 Å². The lowest BCUT2D eigenvalue weighted by Crippen LogP contribution is -2.29. The monoisotopic (exact) mass is 535 g/mol. The number of aliphatic hydroxyl groups excluding tert-OH is 1. The minimum Gasteiger partial charge on any atom is -0.507 e. The van der Waals surface area contributed by atoms with E-state index in [0.717, 1.165) is 5.56 Å². The summed E-state index contributed by atoms with van der Waals surface area (Å²) in [6.45, 7) is 6.27. The van der Waals surface area contributed by atoms with Crippen LogP contribution < -0.4 is 14.2 Å². The van der Waals surface area contributed by atoms with Crippen LogP contribution in [0, 0.1) is 0 Å². The minimum absolute atomic E-state index is 0.0276. The van der Waals surface area contributed by atoms with Gasteiger partial charge in [0.05, 0.1) is 36.5 Å². The first-order valence-corrected chi connectivity index (χ1v) is 12.7. The Hall–Kier alpha value is -3.97. The first-order chi connectivity index (χ1) is 18.2. The van der Waals surface area contributed by atoms with E-state index in [0.29, 0.717) is 29.4 Å². The van der Waals surface area contributed by atoms with E-state index >= 15 is 0 Å². The summed E-state index contributed by atoms with van der Waals surface area (Å²) >= 11 is 6.42. The fourth-order valence-corrected chi connectivity index (χ4v) is 4.64. The largest absolute Gasteiger partial charge is 0.507 e. The van der Waals surface area contributed by atoms with Crippen molar-refractivity contribution in [3.8, 4) is 17.2 Å². The van der Waals surface area contributed by atoms with E-state index < -0.39 is 17.7 Å². The molecule has 1 heterocycles. The molecule has 0 aromatic heterocycles.